The molecule has 2 saturated heterocycles. The number of hydrogen-bond donors (Lipinski definition) is 3. The van der Waals surface area contributed by atoms with Gasteiger partial charge >= 0.3 is 0 Å². The summed E-state index contributed by atoms with van der Waals surface area (Å²) in [5.74, 6) is -0.908. The van der Waals surface area contributed by atoms with E-state index in [1.54, 1.807) is 19.1 Å². The van der Waals surface area contributed by atoms with Crippen molar-refractivity contribution in [3.05, 3.63) is 24.3 Å². The molecule has 2 amide bonds. The summed E-state index contributed by atoms with van der Waals surface area (Å²) in [6.07, 6.45) is 2.62. The second-order valence-corrected chi connectivity index (χ2v) is 10.0. The highest BCUT2D eigenvalue weighted by atomic mass is 32.2. The van der Waals surface area contributed by atoms with E-state index in [2.05, 4.69) is 10.6 Å². The summed E-state index contributed by atoms with van der Waals surface area (Å²) in [5.41, 5.74) is 5.27. The molecule has 0 aromatic heterocycles. The number of nitrogens with zero attached hydrogens (tertiary/aromatic N) is 1. The van der Waals surface area contributed by atoms with Crippen LogP contribution < -0.4 is 21.1 Å². The van der Waals surface area contributed by atoms with E-state index in [0.29, 0.717) is 25.3 Å². The Morgan fingerprint density at radius 1 is 1.13 bits per heavy atom. The number of sulfonamides is 1. The first-order valence-electron chi connectivity index (χ1n) is 10.8. The molecule has 2 fully saturated rings. The molecular weight excluding hydrogens is 420 g/mol. The van der Waals surface area contributed by atoms with Crippen molar-refractivity contribution in [1.82, 2.24) is 14.9 Å². The van der Waals surface area contributed by atoms with E-state index in [-0.39, 0.29) is 23.8 Å². The fourth-order valence-electron chi connectivity index (χ4n) is 3.88. The van der Waals surface area contributed by atoms with E-state index in [1.165, 1.54) is 12.1 Å². The molecule has 0 unspecified atom stereocenters. The molecule has 2 heterocycles. The topological polar surface area (TPSA) is 131 Å². The van der Waals surface area contributed by atoms with Crippen LogP contribution in [0.5, 0.6) is 5.75 Å². The zero-order valence-corrected chi connectivity index (χ0v) is 18.7. The van der Waals surface area contributed by atoms with Crippen molar-refractivity contribution in [2.24, 2.45) is 11.7 Å². The van der Waals surface area contributed by atoms with Crippen LogP contribution in [-0.2, 0) is 19.6 Å². The van der Waals surface area contributed by atoms with E-state index >= 15 is 0 Å². The summed E-state index contributed by atoms with van der Waals surface area (Å²) in [7, 11) is -4.04. The van der Waals surface area contributed by atoms with Crippen LogP contribution in [0.3, 0.4) is 0 Å². The lowest BCUT2D eigenvalue weighted by Gasteiger charge is -2.28. The Hall–Kier alpha value is -2.17. The van der Waals surface area contributed by atoms with Gasteiger partial charge in [0, 0.05) is 18.9 Å². The first kappa shape index (κ1) is 23.5. The smallest absolute Gasteiger partial charge is 0.266 e. The van der Waals surface area contributed by atoms with Crippen LogP contribution in [0.2, 0.25) is 0 Å². The van der Waals surface area contributed by atoms with Gasteiger partial charge in [0.15, 0.2) is 0 Å². The van der Waals surface area contributed by atoms with Crippen LogP contribution in [0.25, 0.3) is 0 Å². The van der Waals surface area contributed by atoms with Gasteiger partial charge in [-0.1, -0.05) is 6.92 Å². The van der Waals surface area contributed by atoms with Crippen molar-refractivity contribution in [3.63, 3.8) is 0 Å². The first-order valence-corrected chi connectivity index (χ1v) is 12.3. The lowest BCUT2D eigenvalue weighted by Crippen LogP contribution is -2.45. The van der Waals surface area contributed by atoms with Gasteiger partial charge in [-0.05, 0) is 69.6 Å². The molecule has 0 radical (unpaired) electrons. The fourth-order valence-corrected chi connectivity index (χ4v) is 5.51. The van der Waals surface area contributed by atoms with E-state index < -0.39 is 33.8 Å². The first-order chi connectivity index (χ1) is 14.8. The molecule has 1 aromatic carbocycles. The number of benzene rings is 1. The van der Waals surface area contributed by atoms with Crippen LogP contribution in [0.1, 0.15) is 39.0 Å². The third kappa shape index (κ3) is 5.96. The average molecular weight is 453 g/mol. The van der Waals surface area contributed by atoms with Crippen LogP contribution in [0, 0.1) is 5.92 Å². The predicted molar refractivity (Wildman–Crippen MR) is 116 cm³/mol. The average Bonchev–Trinajstić information content (AvgIpc) is 3.27. The summed E-state index contributed by atoms with van der Waals surface area (Å²) >= 11 is 0. The van der Waals surface area contributed by atoms with Gasteiger partial charge in [-0.15, -0.1) is 0 Å². The van der Waals surface area contributed by atoms with Crippen LogP contribution in [0.4, 0.5) is 0 Å². The van der Waals surface area contributed by atoms with Gasteiger partial charge in [-0.2, -0.15) is 0 Å². The molecule has 4 N–H and O–H groups in total. The Morgan fingerprint density at radius 2 is 1.77 bits per heavy atom. The van der Waals surface area contributed by atoms with Gasteiger partial charge in [0.05, 0.1) is 10.9 Å². The minimum absolute atomic E-state index is 0.0494. The third-order valence-corrected chi connectivity index (χ3v) is 7.75. The number of piperidine rings is 1. The molecule has 172 valence electrons. The van der Waals surface area contributed by atoms with Gasteiger partial charge in [0.1, 0.15) is 11.9 Å². The lowest BCUT2D eigenvalue weighted by atomic mass is 10.0. The molecule has 10 heteroatoms. The molecule has 31 heavy (non-hydrogen) atoms. The van der Waals surface area contributed by atoms with Crippen molar-refractivity contribution in [1.29, 1.82) is 0 Å². The van der Waals surface area contributed by atoms with Gasteiger partial charge in [-0.3, -0.25) is 9.59 Å². The van der Waals surface area contributed by atoms with E-state index in [4.69, 9.17) is 10.5 Å². The molecule has 2 aliphatic heterocycles. The highest BCUT2D eigenvalue weighted by Gasteiger charge is 2.37. The quantitative estimate of drug-likeness (QED) is 0.500. The minimum Gasteiger partial charge on any atom is -0.490 e. The van der Waals surface area contributed by atoms with Crippen molar-refractivity contribution in [2.75, 3.05) is 26.2 Å². The Kier molecular flexibility index (Phi) is 7.90. The molecule has 1 aromatic rings. The number of nitrogens with one attached hydrogen (secondary N) is 2. The zero-order valence-electron chi connectivity index (χ0n) is 17.9. The summed E-state index contributed by atoms with van der Waals surface area (Å²) in [5, 5.41) is 6.39. The van der Waals surface area contributed by atoms with Crippen molar-refractivity contribution < 1.29 is 22.7 Å². The molecule has 0 saturated carbocycles. The second kappa shape index (κ2) is 10.4. The van der Waals surface area contributed by atoms with Gasteiger partial charge < -0.3 is 21.1 Å². The Labute approximate surface area is 183 Å². The molecule has 2 atom stereocenters. The Morgan fingerprint density at radius 3 is 2.35 bits per heavy atom. The van der Waals surface area contributed by atoms with Crippen LogP contribution in [-0.4, -0.2) is 62.9 Å². The molecule has 0 spiro atoms. The Bertz CT molecular complexity index is 862. The number of nitrogens with two attached hydrogens (primary N) is 1. The van der Waals surface area contributed by atoms with Crippen molar-refractivity contribution in [3.8, 4) is 5.75 Å². The summed E-state index contributed by atoms with van der Waals surface area (Å²) < 4.78 is 33.7. The Balaban J connectivity index is 1.75. The SMILES string of the molecule is C[C@@H](CCC(=O)N([C@H]1CCNC1)S(=O)(=O)c1ccc(OC2CCNCC2)cc1)C(N)=O. The van der Waals surface area contributed by atoms with Gasteiger partial charge in [-0.25, -0.2) is 12.7 Å². The highest BCUT2D eigenvalue weighted by molar-refractivity contribution is 7.89. The largest absolute Gasteiger partial charge is 0.490 e. The summed E-state index contributed by atoms with van der Waals surface area (Å²) in [6, 6.07) is 5.80. The second-order valence-electron chi connectivity index (χ2n) is 8.22. The molecule has 9 nitrogen and oxygen atoms in total. The molecular formula is C21H32N4O5S. The number of primary amides is 1. The fraction of sp³-hybridized carbons (Fsp3) is 0.619. The van der Waals surface area contributed by atoms with E-state index in [9.17, 15) is 18.0 Å². The number of amides is 2. The van der Waals surface area contributed by atoms with E-state index in [1.807, 2.05) is 0 Å². The maximum atomic E-state index is 13.4. The minimum atomic E-state index is -4.04. The zero-order chi connectivity index (χ0) is 22.4. The summed E-state index contributed by atoms with van der Waals surface area (Å²) in [4.78, 5) is 24.3. The summed E-state index contributed by atoms with van der Waals surface area (Å²) in [6.45, 7) is 4.49. The number of carbonyl (C=O) groups is 2. The van der Waals surface area contributed by atoms with Crippen LogP contribution in [0.15, 0.2) is 29.2 Å². The van der Waals surface area contributed by atoms with Crippen molar-refractivity contribution >= 4 is 21.8 Å². The molecule has 2 aliphatic rings. The standard InChI is InChI=1S/C21H32N4O5S/c1-15(21(22)27)2-7-20(26)25(16-8-11-24-14-16)31(28,29)19-5-3-17(4-6-19)30-18-9-12-23-13-10-18/h3-6,15-16,18,23-24H,2,7-14H2,1H3,(H2,22,27)/t15-,16-/m0/s1. The monoisotopic (exact) mass is 452 g/mol. The number of rotatable bonds is 9. The van der Waals surface area contributed by atoms with Crippen molar-refractivity contribution in [2.45, 2.75) is 56.1 Å². The highest BCUT2D eigenvalue weighted by Crippen LogP contribution is 2.26. The maximum Gasteiger partial charge on any atom is 0.266 e. The van der Waals surface area contributed by atoms with Crippen LogP contribution >= 0.6 is 0 Å². The van der Waals surface area contributed by atoms with E-state index in [0.717, 1.165) is 30.2 Å². The normalized spacial score (nSPS) is 20.9. The van der Waals surface area contributed by atoms with Gasteiger partial charge in [0.25, 0.3) is 10.0 Å². The number of ether oxygens (including phenoxy) is 1. The predicted octanol–water partition coefficient (Wildman–Crippen LogP) is 0.598. The maximum absolute atomic E-state index is 13.4. The molecule has 0 bridgehead atoms. The number of carbonyl (C=O) groups excluding carboxylic acids is 2. The lowest BCUT2D eigenvalue weighted by molar-refractivity contribution is -0.128. The third-order valence-electron chi connectivity index (χ3n) is 5.86. The molecule has 0 aliphatic carbocycles. The van der Waals surface area contributed by atoms with Gasteiger partial charge in [0.2, 0.25) is 11.8 Å². The molecule has 3 rings (SSSR count). The number of hydrogen-bond acceptors (Lipinski definition) is 7.